The summed E-state index contributed by atoms with van der Waals surface area (Å²) in [5, 5.41) is 0. The van der Waals surface area contributed by atoms with Crippen LogP contribution in [0.2, 0.25) is 0 Å². The smallest absolute Gasteiger partial charge is 0.314 e. The lowest BCUT2D eigenvalue weighted by molar-refractivity contribution is -0.164. The normalized spacial score (nSPS) is 28.3. The quantitative estimate of drug-likeness (QED) is 0.642. The molecule has 1 aliphatic carbocycles. The largest absolute Gasteiger partial charge is 0.465 e. The van der Waals surface area contributed by atoms with Crippen LogP contribution >= 0.6 is 0 Å². The fraction of sp³-hybridized carbons (Fsp3) is 0.929. The highest BCUT2D eigenvalue weighted by Gasteiger charge is 2.50. The van der Waals surface area contributed by atoms with Gasteiger partial charge < -0.3 is 9.47 Å². The lowest BCUT2D eigenvalue weighted by atomic mass is 9.79. The molecule has 0 saturated heterocycles. The van der Waals surface area contributed by atoms with Crippen molar-refractivity contribution in [2.75, 3.05) is 13.2 Å². The van der Waals surface area contributed by atoms with Crippen LogP contribution < -0.4 is 0 Å². The minimum atomic E-state index is -0.361. The molecule has 1 saturated carbocycles. The zero-order valence-electron chi connectivity index (χ0n) is 11.5. The van der Waals surface area contributed by atoms with Crippen molar-refractivity contribution in [2.45, 2.75) is 65.4 Å². The molecule has 1 fully saturated rings. The summed E-state index contributed by atoms with van der Waals surface area (Å²) in [7, 11) is 0. The first-order valence-corrected chi connectivity index (χ1v) is 7.00. The summed E-state index contributed by atoms with van der Waals surface area (Å²) >= 11 is 0. The Morgan fingerprint density at radius 3 is 2.65 bits per heavy atom. The zero-order valence-corrected chi connectivity index (χ0v) is 11.5. The van der Waals surface area contributed by atoms with E-state index in [0.29, 0.717) is 6.61 Å². The van der Waals surface area contributed by atoms with E-state index in [1.165, 1.54) is 0 Å². The molecule has 0 aliphatic heterocycles. The Morgan fingerprint density at radius 1 is 1.29 bits per heavy atom. The van der Waals surface area contributed by atoms with Gasteiger partial charge in [-0.15, -0.1) is 0 Å². The number of hydrogen-bond donors (Lipinski definition) is 0. The molecule has 2 unspecified atom stereocenters. The molecule has 0 radical (unpaired) electrons. The topological polar surface area (TPSA) is 35.5 Å². The molecule has 1 aliphatic rings. The monoisotopic (exact) mass is 242 g/mol. The van der Waals surface area contributed by atoms with E-state index in [-0.39, 0.29) is 17.5 Å². The van der Waals surface area contributed by atoms with Gasteiger partial charge in [-0.3, -0.25) is 4.79 Å². The maximum absolute atomic E-state index is 12.2. The number of carbonyl (C=O) groups excluding carboxylic acids is 1. The Kier molecular flexibility index (Phi) is 5.96. The van der Waals surface area contributed by atoms with Gasteiger partial charge in [0, 0.05) is 6.61 Å². The van der Waals surface area contributed by atoms with Gasteiger partial charge in [0.25, 0.3) is 0 Å². The van der Waals surface area contributed by atoms with Crippen LogP contribution in [0.1, 0.15) is 59.3 Å². The van der Waals surface area contributed by atoms with Crippen molar-refractivity contribution in [3.63, 3.8) is 0 Å². The highest BCUT2D eigenvalue weighted by molar-refractivity contribution is 5.78. The molecule has 3 heteroatoms. The van der Waals surface area contributed by atoms with Crippen LogP contribution in [0.5, 0.6) is 0 Å². The first-order chi connectivity index (χ1) is 8.21. The molecule has 100 valence electrons. The van der Waals surface area contributed by atoms with Crippen molar-refractivity contribution in [2.24, 2.45) is 5.41 Å². The third-order valence-electron chi connectivity index (χ3n) is 3.61. The van der Waals surface area contributed by atoms with Gasteiger partial charge in [-0.1, -0.05) is 20.3 Å². The van der Waals surface area contributed by atoms with E-state index in [1.54, 1.807) is 0 Å². The molecule has 0 aromatic carbocycles. The Balaban J connectivity index is 2.76. The Morgan fingerprint density at radius 2 is 2.06 bits per heavy atom. The zero-order chi connectivity index (χ0) is 12.7. The molecule has 0 bridgehead atoms. The van der Waals surface area contributed by atoms with Crippen molar-refractivity contribution in [3.8, 4) is 0 Å². The predicted octanol–water partition coefficient (Wildman–Crippen LogP) is 3.32. The van der Waals surface area contributed by atoms with Gasteiger partial charge in [-0.2, -0.15) is 0 Å². The molecule has 0 amide bonds. The molecular weight excluding hydrogens is 216 g/mol. The third kappa shape index (κ3) is 3.21. The van der Waals surface area contributed by atoms with Crippen molar-refractivity contribution >= 4 is 5.97 Å². The predicted molar refractivity (Wildman–Crippen MR) is 67.9 cm³/mol. The third-order valence-corrected chi connectivity index (χ3v) is 3.61. The average Bonchev–Trinajstić information content (AvgIpc) is 2.71. The van der Waals surface area contributed by atoms with Gasteiger partial charge in [0.05, 0.1) is 18.1 Å². The fourth-order valence-corrected chi connectivity index (χ4v) is 2.89. The van der Waals surface area contributed by atoms with Crippen molar-refractivity contribution in [3.05, 3.63) is 0 Å². The van der Waals surface area contributed by atoms with Crippen LogP contribution in [-0.4, -0.2) is 25.3 Å². The first-order valence-electron chi connectivity index (χ1n) is 7.00. The second kappa shape index (κ2) is 7.00. The van der Waals surface area contributed by atoms with E-state index in [4.69, 9.17) is 9.47 Å². The highest BCUT2D eigenvalue weighted by atomic mass is 16.5. The summed E-state index contributed by atoms with van der Waals surface area (Å²) < 4.78 is 11.2. The molecule has 0 heterocycles. The van der Waals surface area contributed by atoms with Gasteiger partial charge in [-0.05, 0) is 39.0 Å². The molecular formula is C14H26O3. The average molecular weight is 242 g/mol. The minimum absolute atomic E-state index is 0.0412. The lowest BCUT2D eigenvalue weighted by Gasteiger charge is -2.32. The Hall–Kier alpha value is -0.570. The molecule has 2 atom stereocenters. The van der Waals surface area contributed by atoms with Crippen molar-refractivity contribution in [1.82, 2.24) is 0 Å². The molecule has 1 rings (SSSR count). The second-order valence-electron chi connectivity index (χ2n) is 4.88. The van der Waals surface area contributed by atoms with E-state index < -0.39 is 0 Å². The molecule has 0 spiro atoms. The number of hydrogen-bond acceptors (Lipinski definition) is 3. The van der Waals surface area contributed by atoms with Crippen LogP contribution in [0, 0.1) is 5.41 Å². The fourth-order valence-electron chi connectivity index (χ4n) is 2.89. The number of ether oxygens (including phenoxy) is 2. The molecule has 0 aromatic heterocycles. The Bertz CT molecular complexity index is 240. The van der Waals surface area contributed by atoms with Crippen LogP contribution in [0.15, 0.2) is 0 Å². The van der Waals surface area contributed by atoms with E-state index in [2.05, 4.69) is 13.8 Å². The lowest BCUT2D eigenvalue weighted by Crippen LogP contribution is -2.41. The van der Waals surface area contributed by atoms with Crippen LogP contribution in [0.25, 0.3) is 0 Å². The van der Waals surface area contributed by atoms with Crippen LogP contribution in [0.3, 0.4) is 0 Å². The SMILES string of the molecule is CCCOC1CCCC1(CCC)C(=O)OCC. The van der Waals surface area contributed by atoms with Crippen LogP contribution in [0.4, 0.5) is 0 Å². The molecule has 0 aromatic rings. The summed E-state index contributed by atoms with van der Waals surface area (Å²) in [4.78, 5) is 12.2. The highest BCUT2D eigenvalue weighted by Crippen LogP contribution is 2.45. The van der Waals surface area contributed by atoms with Gasteiger partial charge in [0.2, 0.25) is 0 Å². The molecule has 0 N–H and O–H groups in total. The molecule has 17 heavy (non-hydrogen) atoms. The van der Waals surface area contributed by atoms with Gasteiger partial charge in [0.1, 0.15) is 0 Å². The maximum Gasteiger partial charge on any atom is 0.314 e. The van der Waals surface area contributed by atoms with Gasteiger partial charge >= 0.3 is 5.97 Å². The van der Waals surface area contributed by atoms with Crippen LogP contribution in [-0.2, 0) is 14.3 Å². The maximum atomic E-state index is 12.2. The first kappa shape index (κ1) is 14.5. The second-order valence-corrected chi connectivity index (χ2v) is 4.88. The number of rotatable bonds is 7. The van der Waals surface area contributed by atoms with Gasteiger partial charge in [-0.25, -0.2) is 0 Å². The molecule has 3 nitrogen and oxygen atoms in total. The number of esters is 1. The summed E-state index contributed by atoms with van der Waals surface area (Å²) in [6.07, 6.45) is 5.97. The summed E-state index contributed by atoms with van der Waals surface area (Å²) in [6, 6.07) is 0. The summed E-state index contributed by atoms with van der Waals surface area (Å²) in [5.41, 5.74) is -0.361. The summed E-state index contributed by atoms with van der Waals surface area (Å²) in [5.74, 6) is -0.0412. The Labute approximate surface area is 105 Å². The standard InChI is InChI=1S/C14H26O3/c1-4-9-14(13(15)16-6-3)10-7-8-12(14)17-11-5-2/h12H,4-11H2,1-3H3. The van der Waals surface area contributed by atoms with E-state index in [1.807, 2.05) is 6.92 Å². The van der Waals surface area contributed by atoms with E-state index in [9.17, 15) is 4.79 Å². The van der Waals surface area contributed by atoms with Crippen molar-refractivity contribution < 1.29 is 14.3 Å². The summed E-state index contributed by atoms with van der Waals surface area (Å²) in [6.45, 7) is 7.30. The minimum Gasteiger partial charge on any atom is -0.465 e. The van der Waals surface area contributed by atoms with E-state index in [0.717, 1.165) is 45.1 Å². The van der Waals surface area contributed by atoms with Gasteiger partial charge in [0.15, 0.2) is 0 Å². The van der Waals surface area contributed by atoms with Crippen molar-refractivity contribution in [1.29, 1.82) is 0 Å². The number of carbonyl (C=O) groups is 1. The van der Waals surface area contributed by atoms with E-state index >= 15 is 0 Å².